The minimum atomic E-state index is -0.849. The molecule has 1 heterocycles. The molecule has 26 heavy (non-hydrogen) atoms. The van der Waals surface area contributed by atoms with Crippen molar-refractivity contribution < 1.29 is 14.4 Å². The van der Waals surface area contributed by atoms with Crippen molar-refractivity contribution in [1.82, 2.24) is 10.2 Å². The fourth-order valence-corrected chi connectivity index (χ4v) is 3.68. The van der Waals surface area contributed by atoms with E-state index in [1.807, 2.05) is 6.07 Å². The highest BCUT2D eigenvalue weighted by Crippen LogP contribution is 2.32. The number of nitrogens with zero attached hydrogens (tertiary/aromatic N) is 2. The summed E-state index contributed by atoms with van der Waals surface area (Å²) in [4.78, 5) is 38.5. The van der Waals surface area contributed by atoms with E-state index < -0.39 is 17.5 Å². The Morgan fingerprint density at radius 3 is 2.58 bits per heavy atom. The van der Waals surface area contributed by atoms with Crippen molar-refractivity contribution in [2.24, 2.45) is 0 Å². The highest BCUT2D eigenvalue weighted by molar-refractivity contribution is 6.10. The van der Waals surface area contributed by atoms with Crippen molar-refractivity contribution in [3.05, 3.63) is 29.8 Å². The van der Waals surface area contributed by atoms with Crippen LogP contribution in [0.15, 0.2) is 24.3 Å². The molecule has 2 aliphatic rings. The van der Waals surface area contributed by atoms with Crippen LogP contribution in [0.4, 0.5) is 10.5 Å². The van der Waals surface area contributed by atoms with E-state index in [0.29, 0.717) is 24.1 Å². The van der Waals surface area contributed by atoms with E-state index in [1.54, 1.807) is 24.3 Å². The lowest BCUT2D eigenvalue weighted by atomic mass is 9.84. The van der Waals surface area contributed by atoms with Gasteiger partial charge in [0.2, 0.25) is 5.91 Å². The van der Waals surface area contributed by atoms with Crippen molar-refractivity contribution in [2.75, 3.05) is 11.9 Å². The molecular weight excluding hydrogens is 332 g/mol. The molecule has 1 saturated heterocycles. The number of carbonyl (C=O) groups excluding carboxylic acids is 3. The van der Waals surface area contributed by atoms with Crippen LogP contribution in [0.3, 0.4) is 0 Å². The molecule has 1 aliphatic heterocycles. The second kappa shape index (κ2) is 7.56. The first-order valence-electron chi connectivity index (χ1n) is 8.98. The number of hydrogen-bond acceptors (Lipinski definition) is 4. The van der Waals surface area contributed by atoms with Gasteiger partial charge in [0, 0.05) is 5.69 Å². The molecule has 1 saturated carbocycles. The van der Waals surface area contributed by atoms with E-state index in [9.17, 15) is 14.4 Å². The molecule has 0 radical (unpaired) electrons. The summed E-state index contributed by atoms with van der Waals surface area (Å²) < 4.78 is 0. The number of carbonyl (C=O) groups is 3. The average molecular weight is 354 g/mol. The number of nitriles is 1. The van der Waals surface area contributed by atoms with E-state index in [2.05, 4.69) is 10.6 Å². The van der Waals surface area contributed by atoms with Gasteiger partial charge in [0.05, 0.1) is 11.6 Å². The summed E-state index contributed by atoms with van der Waals surface area (Å²) in [5.74, 6) is -0.767. The van der Waals surface area contributed by atoms with Gasteiger partial charge in [0.15, 0.2) is 0 Å². The Balaban J connectivity index is 1.67. The standard InChI is InChI=1S/C19H22N4O3/c20-12-14-7-6-8-15(11-14)21-16(24)13-23-17(25)19(22-18(23)26)9-4-2-1-3-5-10-19/h6-8,11H,1-5,9-10,13H2,(H,21,24)(H,22,26). The van der Waals surface area contributed by atoms with E-state index in [-0.39, 0.29) is 12.5 Å². The molecule has 0 atom stereocenters. The largest absolute Gasteiger partial charge is 0.325 e. The molecule has 1 spiro atoms. The molecule has 2 N–H and O–H groups in total. The van der Waals surface area contributed by atoms with Gasteiger partial charge in [-0.25, -0.2) is 4.79 Å². The predicted octanol–water partition coefficient (Wildman–Crippen LogP) is 2.53. The highest BCUT2D eigenvalue weighted by atomic mass is 16.2. The Morgan fingerprint density at radius 2 is 1.88 bits per heavy atom. The zero-order chi connectivity index (χ0) is 18.6. The zero-order valence-corrected chi connectivity index (χ0v) is 14.6. The summed E-state index contributed by atoms with van der Waals surface area (Å²) in [6.45, 7) is -0.330. The van der Waals surface area contributed by atoms with Gasteiger partial charge in [-0.3, -0.25) is 14.5 Å². The summed E-state index contributed by atoms with van der Waals surface area (Å²) in [6.07, 6.45) is 6.31. The maximum atomic E-state index is 12.9. The van der Waals surface area contributed by atoms with Crippen LogP contribution in [-0.2, 0) is 9.59 Å². The average Bonchev–Trinajstić information content (AvgIpc) is 2.83. The van der Waals surface area contributed by atoms with Gasteiger partial charge in [0.25, 0.3) is 5.91 Å². The van der Waals surface area contributed by atoms with Crippen LogP contribution >= 0.6 is 0 Å². The maximum Gasteiger partial charge on any atom is 0.325 e. The summed E-state index contributed by atoms with van der Waals surface area (Å²) in [7, 11) is 0. The first-order valence-corrected chi connectivity index (χ1v) is 8.98. The van der Waals surface area contributed by atoms with Crippen molar-refractivity contribution in [1.29, 1.82) is 5.26 Å². The van der Waals surface area contributed by atoms with Crippen molar-refractivity contribution in [3.8, 4) is 6.07 Å². The molecule has 7 heteroatoms. The van der Waals surface area contributed by atoms with Crippen LogP contribution in [0.2, 0.25) is 0 Å². The number of anilines is 1. The van der Waals surface area contributed by atoms with Gasteiger partial charge in [-0.05, 0) is 31.0 Å². The third-order valence-corrected chi connectivity index (χ3v) is 5.03. The number of hydrogen-bond donors (Lipinski definition) is 2. The topological polar surface area (TPSA) is 102 Å². The summed E-state index contributed by atoms with van der Waals surface area (Å²) in [5, 5.41) is 14.4. The van der Waals surface area contributed by atoms with Crippen LogP contribution in [0.5, 0.6) is 0 Å². The fourth-order valence-electron chi connectivity index (χ4n) is 3.68. The molecule has 2 fully saturated rings. The monoisotopic (exact) mass is 354 g/mol. The summed E-state index contributed by atoms with van der Waals surface area (Å²) >= 11 is 0. The molecular formula is C19H22N4O3. The highest BCUT2D eigenvalue weighted by Gasteiger charge is 2.50. The number of nitrogens with one attached hydrogen (secondary N) is 2. The molecule has 0 unspecified atom stereocenters. The lowest BCUT2D eigenvalue weighted by Crippen LogP contribution is -2.47. The molecule has 7 nitrogen and oxygen atoms in total. The molecule has 0 bridgehead atoms. The van der Waals surface area contributed by atoms with Crippen LogP contribution in [-0.4, -0.2) is 34.8 Å². The smallest absolute Gasteiger partial charge is 0.324 e. The van der Waals surface area contributed by atoms with Crippen LogP contribution < -0.4 is 10.6 Å². The van der Waals surface area contributed by atoms with Crippen molar-refractivity contribution >= 4 is 23.5 Å². The SMILES string of the molecule is N#Cc1cccc(NC(=O)CN2C(=O)NC3(CCCCCCC3)C2=O)c1. The molecule has 1 aromatic carbocycles. The van der Waals surface area contributed by atoms with Gasteiger partial charge < -0.3 is 10.6 Å². The lowest BCUT2D eigenvalue weighted by Gasteiger charge is -2.28. The Labute approximate surface area is 152 Å². The van der Waals surface area contributed by atoms with Gasteiger partial charge in [-0.2, -0.15) is 5.26 Å². The fraction of sp³-hybridized carbons (Fsp3) is 0.474. The Morgan fingerprint density at radius 1 is 1.19 bits per heavy atom. The molecule has 3 rings (SSSR count). The Bertz CT molecular complexity index is 760. The van der Waals surface area contributed by atoms with E-state index in [0.717, 1.165) is 37.0 Å². The second-order valence-electron chi connectivity index (χ2n) is 6.91. The molecule has 0 aromatic heterocycles. The van der Waals surface area contributed by atoms with Crippen LogP contribution in [0, 0.1) is 11.3 Å². The van der Waals surface area contributed by atoms with Crippen molar-refractivity contribution in [2.45, 2.75) is 50.5 Å². The van der Waals surface area contributed by atoms with E-state index in [4.69, 9.17) is 5.26 Å². The molecule has 136 valence electrons. The van der Waals surface area contributed by atoms with Crippen molar-refractivity contribution in [3.63, 3.8) is 0 Å². The first-order chi connectivity index (χ1) is 12.5. The minimum Gasteiger partial charge on any atom is -0.324 e. The van der Waals surface area contributed by atoms with Gasteiger partial charge in [-0.1, -0.05) is 38.2 Å². The maximum absolute atomic E-state index is 12.9. The number of urea groups is 1. The van der Waals surface area contributed by atoms with Gasteiger partial charge in [0.1, 0.15) is 12.1 Å². The predicted molar refractivity (Wildman–Crippen MR) is 95.1 cm³/mol. The quantitative estimate of drug-likeness (QED) is 0.814. The Kier molecular flexibility index (Phi) is 5.21. The molecule has 1 aromatic rings. The van der Waals surface area contributed by atoms with Gasteiger partial charge in [-0.15, -0.1) is 0 Å². The minimum absolute atomic E-state index is 0.301. The third-order valence-electron chi connectivity index (χ3n) is 5.03. The third kappa shape index (κ3) is 3.69. The van der Waals surface area contributed by atoms with Gasteiger partial charge >= 0.3 is 6.03 Å². The Hall–Kier alpha value is -2.88. The number of rotatable bonds is 3. The normalized spacial score (nSPS) is 19.4. The molecule has 4 amide bonds. The zero-order valence-electron chi connectivity index (χ0n) is 14.6. The number of imide groups is 1. The van der Waals surface area contributed by atoms with Crippen LogP contribution in [0.1, 0.15) is 50.5 Å². The second-order valence-corrected chi connectivity index (χ2v) is 6.91. The number of amides is 4. The summed E-state index contributed by atoms with van der Waals surface area (Å²) in [6, 6.07) is 7.98. The van der Waals surface area contributed by atoms with Crippen LogP contribution in [0.25, 0.3) is 0 Å². The van der Waals surface area contributed by atoms with E-state index in [1.165, 1.54) is 0 Å². The number of benzene rings is 1. The molecule has 1 aliphatic carbocycles. The lowest BCUT2D eigenvalue weighted by molar-refractivity contribution is -0.134. The summed E-state index contributed by atoms with van der Waals surface area (Å²) in [5.41, 5.74) is 0.0337. The first kappa shape index (κ1) is 17.9. The van der Waals surface area contributed by atoms with E-state index >= 15 is 0 Å².